The lowest BCUT2D eigenvalue weighted by molar-refractivity contribution is -0.126. The Hall–Kier alpha value is -2.13. The molecule has 3 heteroatoms. The molecule has 1 amide bonds. The molecule has 1 saturated heterocycles. The first-order chi connectivity index (χ1) is 9.18. The van der Waals surface area contributed by atoms with E-state index in [0.717, 1.165) is 16.8 Å². The number of rotatable bonds is 2. The van der Waals surface area contributed by atoms with Crippen molar-refractivity contribution in [2.24, 2.45) is 5.73 Å². The van der Waals surface area contributed by atoms with Crippen molar-refractivity contribution in [1.82, 2.24) is 0 Å². The second-order valence-electron chi connectivity index (χ2n) is 4.93. The summed E-state index contributed by atoms with van der Waals surface area (Å²) in [6, 6.07) is 17.4. The van der Waals surface area contributed by atoms with Crippen LogP contribution in [0.5, 0.6) is 0 Å². The van der Waals surface area contributed by atoms with Crippen LogP contribution in [0, 0.1) is 6.92 Å². The van der Waals surface area contributed by atoms with Crippen molar-refractivity contribution in [1.29, 1.82) is 0 Å². The van der Waals surface area contributed by atoms with E-state index in [1.807, 2.05) is 61.5 Å². The second kappa shape index (κ2) is 4.52. The molecule has 1 aliphatic rings. The zero-order valence-electron chi connectivity index (χ0n) is 10.8. The van der Waals surface area contributed by atoms with Crippen LogP contribution in [-0.2, 0) is 4.79 Å². The number of nitrogens with two attached hydrogens (primary N) is 1. The average molecular weight is 252 g/mol. The molecule has 2 aromatic carbocycles. The number of anilines is 1. The van der Waals surface area contributed by atoms with Crippen LogP contribution in [0.2, 0.25) is 0 Å². The molecular formula is C16H16N2O. The fraction of sp³-hybridized carbons (Fsp3) is 0.188. The lowest BCUT2D eigenvalue weighted by Gasteiger charge is -2.45. The number of nitrogens with zero attached hydrogens (tertiary/aromatic N) is 1. The summed E-state index contributed by atoms with van der Waals surface area (Å²) < 4.78 is 0. The molecular weight excluding hydrogens is 236 g/mol. The predicted octanol–water partition coefficient (Wildman–Crippen LogP) is 2.41. The van der Waals surface area contributed by atoms with E-state index in [1.165, 1.54) is 0 Å². The predicted molar refractivity (Wildman–Crippen MR) is 75.8 cm³/mol. The van der Waals surface area contributed by atoms with E-state index in [9.17, 15) is 4.79 Å². The van der Waals surface area contributed by atoms with Crippen LogP contribution in [0.3, 0.4) is 0 Å². The lowest BCUT2D eigenvalue weighted by atomic mass is 9.88. The van der Waals surface area contributed by atoms with Gasteiger partial charge in [-0.1, -0.05) is 42.5 Å². The van der Waals surface area contributed by atoms with Gasteiger partial charge in [0.2, 0.25) is 5.91 Å². The van der Waals surface area contributed by atoms with Crippen molar-refractivity contribution in [3.63, 3.8) is 0 Å². The summed E-state index contributed by atoms with van der Waals surface area (Å²) >= 11 is 0. The Morgan fingerprint density at radius 1 is 1.05 bits per heavy atom. The maximum atomic E-state index is 12.1. The Labute approximate surface area is 112 Å². The molecule has 0 bridgehead atoms. The smallest absolute Gasteiger partial charge is 0.247 e. The fourth-order valence-corrected chi connectivity index (χ4v) is 2.58. The van der Waals surface area contributed by atoms with Crippen molar-refractivity contribution in [2.45, 2.75) is 19.0 Å². The largest absolute Gasteiger partial charge is 0.318 e. The Kier molecular flexibility index (Phi) is 2.84. The van der Waals surface area contributed by atoms with Gasteiger partial charge >= 0.3 is 0 Å². The third kappa shape index (κ3) is 1.92. The van der Waals surface area contributed by atoms with Crippen molar-refractivity contribution in [3.05, 3.63) is 65.7 Å². The number of hydrogen-bond donors (Lipinski definition) is 1. The number of aryl methyl sites for hydroxylation is 1. The highest BCUT2D eigenvalue weighted by molar-refractivity contribution is 6.05. The van der Waals surface area contributed by atoms with Gasteiger partial charge in [0.15, 0.2) is 0 Å². The average Bonchev–Trinajstić information content (AvgIpc) is 2.44. The minimum Gasteiger partial charge on any atom is -0.318 e. The van der Waals surface area contributed by atoms with Gasteiger partial charge in [0.1, 0.15) is 6.04 Å². The first-order valence-corrected chi connectivity index (χ1v) is 6.39. The number of amides is 1. The van der Waals surface area contributed by atoms with Gasteiger partial charge in [-0.25, -0.2) is 0 Å². The molecule has 0 saturated carbocycles. The summed E-state index contributed by atoms with van der Waals surface area (Å²) in [4.78, 5) is 13.8. The minimum absolute atomic E-state index is 0.0144. The van der Waals surface area contributed by atoms with E-state index in [0.29, 0.717) is 0 Å². The van der Waals surface area contributed by atoms with Crippen molar-refractivity contribution in [3.8, 4) is 0 Å². The standard InChI is InChI=1S/C16H16N2O/c1-11-6-5-9-13(10-11)18-15(14(17)16(18)19)12-7-3-2-4-8-12/h2-10,14-15H,17H2,1H3/t14-,15-/m0/s1. The Bertz CT molecular complexity index is 609. The van der Waals surface area contributed by atoms with Crippen LogP contribution in [0.25, 0.3) is 0 Å². The topological polar surface area (TPSA) is 46.3 Å². The van der Waals surface area contributed by atoms with Gasteiger partial charge in [0, 0.05) is 5.69 Å². The van der Waals surface area contributed by atoms with E-state index in [4.69, 9.17) is 5.73 Å². The highest BCUT2D eigenvalue weighted by Crippen LogP contribution is 2.38. The molecule has 0 spiro atoms. The molecule has 96 valence electrons. The van der Waals surface area contributed by atoms with E-state index in [-0.39, 0.29) is 11.9 Å². The SMILES string of the molecule is Cc1cccc(N2C(=O)[C@@H](N)[C@@H]2c2ccccc2)c1. The summed E-state index contributed by atoms with van der Waals surface area (Å²) in [5, 5.41) is 0. The maximum absolute atomic E-state index is 12.1. The number of carbonyl (C=O) groups is 1. The van der Waals surface area contributed by atoms with Crippen LogP contribution in [0.1, 0.15) is 17.2 Å². The number of β-lactam (4-membered cyclic amide) rings is 1. The number of benzene rings is 2. The third-order valence-electron chi connectivity index (χ3n) is 3.56. The van der Waals surface area contributed by atoms with Gasteiger partial charge in [0.05, 0.1) is 6.04 Å². The molecule has 19 heavy (non-hydrogen) atoms. The van der Waals surface area contributed by atoms with Gasteiger partial charge in [-0.05, 0) is 30.2 Å². The number of carbonyl (C=O) groups excluding carboxylic acids is 1. The molecule has 2 N–H and O–H groups in total. The Morgan fingerprint density at radius 2 is 1.79 bits per heavy atom. The van der Waals surface area contributed by atoms with Crippen LogP contribution in [0.15, 0.2) is 54.6 Å². The Morgan fingerprint density at radius 3 is 2.47 bits per heavy atom. The molecule has 0 aliphatic carbocycles. The van der Waals surface area contributed by atoms with Gasteiger partial charge in [-0.2, -0.15) is 0 Å². The molecule has 3 rings (SSSR count). The van der Waals surface area contributed by atoms with E-state index >= 15 is 0 Å². The highest BCUT2D eigenvalue weighted by atomic mass is 16.2. The third-order valence-corrected chi connectivity index (χ3v) is 3.56. The van der Waals surface area contributed by atoms with Crippen molar-refractivity contribution >= 4 is 11.6 Å². The minimum atomic E-state index is -0.442. The number of hydrogen-bond acceptors (Lipinski definition) is 2. The second-order valence-corrected chi connectivity index (χ2v) is 4.93. The molecule has 1 heterocycles. The highest BCUT2D eigenvalue weighted by Gasteiger charge is 2.46. The molecule has 0 radical (unpaired) electrons. The van der Waals surface area contributed by atoms with Crippen molar-refractivity contribution < 1.29 is 4.79 Å². The summed E-state index contributed by atoms with van der Waals surface area (Å²) in [6.45, 7) is 2.02. The molecule has 2 aromatic rings. The first-order valence-electron chi connectivity index (χ1n) is 6.39. The van der Waals surface area contributed by atoms with Crippen LogP contribution < -0.4 is 10.6 Å². The van der Waals surface area contributed by atoms with E-state index in [2.05, 4.69) is 0 Å². The normalized spacial score (nSPS) is 22.2. The van der Waals surface area contributed by atoms with Crippen LogP contribution in [0.4, 0.5) is 5.69 Å². The van der Waals surface area contributed by atoms with Gasteiger partial charge < -0.3 is 10.6 Å². The summed E-state index contributed by atoms with van der Waals surface area (Å²) in [5.41, 5.74) is 9.11. The monoisotopic (exact) mass is 252 g/mol. The zero-order valence-corrected chi connectivity index (χ0v) is 10.8. The quantitative estimate of drug-likeness (QED) is 0.834. The van der Waals surface area contributed by atoms with Gasteiger partial charge in [-0.15, -0.1) is 0 Å². The molecule has 3 nitrogen and oxygen atoms in total. The maximum Gasteiger partial charge on any atom is 0.247 e. The molecule has 2 atom stereocenters. The zero-order chi connectivity index (χ0) is 13.4. The summed E-state index contributed by atoms with van der Waals surface area (Å²) in [7, 11) is 0. The van der Waals surface area contributed by atoms with Crippen LogP contribution >= 0.6 is 0 Å². The van der Waals surface area contributed by atoms with E-state index in [1.54, 1.807) is 4.90 Å². The van der Waals surface area contributed by atoms with E-state index < -0.39 is 6.04 Å². The molecule has 0 unspecified atom stereocenters. The first kappa shape index (κ1) is 11.9. The lowest BCUT2D eigenvalue weighted by Crippen LogP contribution is -2.63. The van der Waals surface area contributed by atoms with Crippen molar-refractivity contribution in [2.75, 3.05) is 4.90 Å². The molecule has 0 aromatic heterocycles. The summed E-state index contributed by atoms with van der Waals surface area (Å²) in [5.74, 6) is -0.0144. The molecule has 1 fully saturated rings. The van der Waals surface area contributed by atoms with Gasteiger partial charge in [-0.3, -0.25) is 4.79 Å². The molecule has 1 aliphatic heterocycles. The fourth-order valence-electron chi connectivity index (χ4n) is 2.58. The van der Waals surface area contributed by atoms with Crippen LogP contribution in [-0.4, -0.2) is 11.9 Å². The van der Waals surface area contributed by atoms with Gasteiger partial charge in [0.25, 0.3) is 0 Å². The summed E-state index contributed by atoms with van der Waals surface area (Å²) in [6.07, 6.45) is 0. The Balaban J connectivity index is 1.98.